The minimum absolute atomic E-state index is 0.158. The highest BCUT2D eigenvalue weighted by atomic mass is 127. The highest BCUT2D eigenvalue weighted by molar-refractivity contribution is 14.1. The fraction of sp³-hybridized carbons (Fsp3) is 0.333. The minimum Gasteiger partial charge on any atom is -0.497 e. The lowest BCUT2D eigenvalue weighted by Gasteiger charge is -2.08. The van der Waals surface area contributed by atoms with Crippen molar-refractivity contribution in [3.8, 4) is 5.75 Å². The second-order valence-electron chi connectivity index (χ2n) is 3.55. The van der Waals surface area contributed by atoms with Crippen LogP contribution in [0.5, 0.6) is 5.75 Å². The molecule has 0 saturated carbocycles. The van der Waals surface area contributed by atoms with Gasteiger partial charge >= 0.3 is 5.97 Å². The van der Waals surface area contributed by atoms with Gasteiger partial charge in [0.05, 0.1) is 19.3 Å². The summed E-state index contributed by atoms with van der Waals surface area (Å²) in [5, 5.41) is 11.0. The third kappa shape index (κ3) is 5.43. The SMILES string of the molecule is COc1ccc(C(=O)NCCOCC(=O)O)c(I)c1. The average Bonchev–Trinajstić information content (AvgIpc) is 2.37. The molecule has 1 amide bonds. The normalized spacial score (nSPS) is 10.0. The monoisotopic (exact) mass is 379 g/mol. The number of carboxylic acid groups (broad SMARTS) is 1. The molecule has 104 valence electrons. The van der Waals surface area contributed by atoms with Crippen LogP contribution in [0.1, 0.15) is 10.4 Å². The number of carbonyl (C=O) groups is 2. The van der Waals surface area contributed by atoms with E-state index in [1.54, 1.807) is 25.3 Å². The van der Waals surface area contributed by atoms with E-state index in [4.69, 9.17) is 14.6 Å². The molecule has 0 aliphatic rings. The molecule has 0 saturated heterocycles. The van der Waals surface area contributed by atoms with Crippen LogP contribution in [0.25, 0.3) is 0 Å². The Kier molecular flexibility index (Phi) is 6.57. The number of nitrogens with one attached hydrogen (secondary N) is 1. The van der Waals surface area contributed by atoms with E-state index in [1.165, 1.54) is 0 Å². The van der Waals surface area contributed by atoms with Crippen molar-refractivity contribution in [3.05, 3.63) is 27.3 Å². The number of methoxy groups -OCH3 is 1. The number of rotatable bonds is 7. The predicted molar refractivity (Wildman–Crippen MR) is 76.5 cm³/mol. The summed E-state index contributed by atoms with van der Waals surface area (Å²) in [6.45, 7) is 0.0505. The Bertz CT molecular complexity index is 463. The first-order valence-electron chi connectivity index (χ1n) is 5.46. The molecule has 6 nitrogen and oxygen atoms in total. The van der Waals surface area contributed by atoms with Crippen molar-refractivity contribution in [2.24, 2.45) is 0 Å². The first-order chi connectivity index (χ1) is 9.04. The maximum Gasteiger partial charge on any atom is 0.329 e. The molecule has 0 radical (unpaired) electrons. The fourth-order valence-electron chi connectivity index (χ4n) is 1.30. The molecule has 0 bridgehead atoms. The van der Waals surface area contributed by atoms with Crippen molar-refractivity contribution in [2.45, 2.75) is 0 Å². The van der Waals surface area contributed by atoms with Crippen LogP contribution in [0.15, 0.2) is 18.2 Å². The maximum absolute atomic E-state index is 11.8. The number of halogens is 1. The first-order valence-corrected chi connectivity index (χ1v) is 6.53. The molecule has 0 heterocycles. The average molecular weight is 379 g/mol. The number of ether oxygens (including phenoxy) is 2. The summed E-state index contributed by atoms with van der Waals surface area (Å²) in [6, 6.07) is 5.14. The zero-order valence-corrected chi connectivity index (χ0v) is 12.5. The van der Waals surface area contributed by atoms with Crippen LogP contribution >= 0.6 is 22.6 Å². The Morgan fingerprint density at radius 1 is 1.42 bits per heavy atom. The third-order valence-corrected chi connectivity index (χ3v) is 3.07. The van der Waals surface area contributed by atoms with Gasteiger partial charge in [0.1, 0.15) is 12.4 Å². The van der Waals surface area contributed by atoms with E-state index in [9.17, 15) is 9.59 Å². The number of benzene rings is 1. The van der Waals surface area contributed by atoms with Crippen molar-refractivity contribution >= 4 is 34.5 Å². The van der Waals surface area contributed by atoms with Gasteiger partial charge in [-0.2, -0.15) is 0 Å². The highest BCUT2D eigenvalue weighted by Crippen LogP contribution is 2.19. The molecular formula is C12H14INO5. The van der Waals surface area contributed by atoms with E-state index in [2.05, 4.69) is 27.9 Å². The highest BCUT2D eigenvalue weighted by Gasteiger charge is 2.10. The molecule has 1 aromatic carbocycles. The molecule has 1 rings (SSSR count). The zero-order valence-electron chi connectivity index (χ0n) is 10.3. The number of aliphatic carboxylic acids is 1. The predicted octanol–water partition coefficient (Wildman–Crippen LogP) is 1.13. The van der Waals surface area contributed by atoms with Gasteiger partial charge in [-0.05, 0) is 40.8 Å². The van der Waals surface area contributed by atoms with Crippen molar-refractivity contribution in [1.82, 2.24) is 5.32 Å². The van der Waals surface area contributed by atoms with Crippen LogP contribution in [0, 0.1) is 3.57 Å². The zero-order chi connectivity index (χ0) is 14.3. The molecule has 0 atom stereocenters. The van der Waals surface area contributed by atoms with Gasteiger partial charge in [-0.1, -0.05) is 0 Å². The Morgan fingerprint density at radius 2 is 2.16 bits per heavy atom. The van der Waals surface area contributed by atoms with Gasteiger partial charge in [0.15, 0.2) is 0 Å². The first kappa shape index (κ1) is 15.7. The molecule has 0 spiro atoms. The summed E-state index contributed by atoms with van der Waals surface area (Å²) in [5.41, 5.74) is 0.541. The van der Waals surface area contributed by atoms with E-state index >= 15 is 0 Å². The van der Waals surface area contributed by atoms with Crippen molar-refractivity contribution in [2.75, 3.05) is 26.9 Å². The van der Waals surface area contributed by atoms with Gasteiger partial charge < -0.3 is 19.9 Å². The Hall–Kier alpha value is -1.35. The quantitative estimate of drug-likeness (QED) is 0.548. The maximum atomic E-state index is 11.8. The molecule has 0 fully saturated rings. The number of hydrogen-bond donors (Lipinski definition) is 2. The molecule has 2 N–H and O–H groups in total. The Labute approximate surface area is 124 Å². The Balaban J connectivity index is 2.43. The number of carboxylic acids is 1. The minimum atomic E-state index is -1.03. The van der Waals surface area contributed by atoms with Crippen LogP contribution in [-0.2, 0) is 9.53 Å². The van der Waals surface area contributed by atoms with Crippen molar-refractivity contribution in [1.29, 1.82) is 0 Å². The number of amides is 1. The summed E-state index contributed by atoms with van der Waals surface area (Å²) in [5.74, 6) is -0.576. The van der Waals surface area contributed by atoms with Gasteiger partial charge in [0.25, 0.3) is 5.91 Å². The van der Waals surface area contributed by atoms with Crippen LogP contribution in [0.4, 0.5) is 0 Å². The molecule has 0 unspecified atom stereocenters. The largest absolute Gasteiger partial charge is 0.497 e. The van der Waals surface area contributed by atoms with Crippen LogP contribution in [0.2, 0.25) is 0 Å². The number of hydrogen-bond acceptors (Lipinski definition) is 4. The van der Waals surface area contributed by atoms with Crippen LogP contribution in [-0.4, -0.2) is 43.9 Å². The summed E-state index contributed by atoms with van der Waals surface area (Å²) in [4.78, 5) is 22.0. The van der Waals surface area contributed by atoms with Crippen molar-refractivity contribution in [3.63, 3.8) is 0 Å². The lowest BCUT2D eigenvalue weighted by molar-refractivity contribution is -0.142. The van der Waals surface area contributed by atoms with Gasteiger partial charge in [-0.15, -0.1) is 0 Å². The molecule has 0 aromatic heterocycles. The van der Waals surface area contributed by atoms with E-state index in [0.29, 0.717) is 11.3 Å². The topological polar surface area (TPSA) is 84.9 Å². The summed E-state index contributed by atoms with van der Waals surface area (Å²) in [6.07, 6.45) is 0. The lowest BCUT2D eigenvalue weighted by atomic mass is 10.2. The van der Waals surface area contributed by atoms with Gasteiger partial charge in [0.2, 0.25) is 0 Å². The fourth-order valence-corrected chi connectivity index (χ4v) is 2.03. The molecule has 1 aromatic rings. The van der Waals surface area contributed by atoms with E-state index in [-0.39, 0.29) is 25.7 Å². The molecule has 19 heavy (non-hydrogen) atoms. The molecule has 0 aliphatic heterocycles. The Morgan fingerprint density at radius 3 is 2.74 bits per heavy atom. The molecule has 0 aliphatic carbocycles. The number of carbonyl (C=O) groups excluding carboxylic acids is 1. The molecular weight excluding hydrogens is 365 g/mol. The summed E-state index contributed by atoms with van der Waals surface area (Å²) < 4.78 is 10.6. The van der Waals surface area contributed by atoms with E-state index in [1.807, 2.05) is 0 Å². The van der Waals surface area contributed by atoms with E-state index < -0.39 is 5.97 Å². The molecule has 7 heteroatoms. The third-order valence-electron chi connectivity index (χ3n) is 2.18. The van der Waals surface area contributed by atoms with Crippen LogP contribution in [0.3, 0.4) is 0 Å². The standard InChI is InChI=1S/C12H14INO5/c1-18-8-2-3-9(10(13)6-8)12(17)14-4-5-19-7-11(15)16/h2-3,6H,4-5,7H2,1H3,(H,14,17)(H,15,16). The van der Waals surface area contributed by atoms with Gasteiger partial charge in [-0.3, -0.25) is 4.79 Å². The summed E-state index contributed by atoms with van der Waals surface area (Å²) >= 11 is 2.05. The van der Waals surface area contributed by atoms with Crippen LogP contribution < -0.4 is 10.1 Å². The lowest BCUT2D eigenvalue weighted by Crippen LogP contribution is -2.28. The summed E-state index contributed by atoms with van der Waals surface area (Å²) in [7, 11) is 1.56. The van der Waals surface area contributed by atoms with E-state index in [0.717, 1.165) is 3.57 Å². The smallest absolute Gasteiger partial charge is 0.329 e. The second-order valence-corrected chi connectivity index (χ2v) is 4.71. The van der Waals surface area contributed by atoms with Gasteiger partial charge in [0, 0.05) is 10.1 Å². The van der Waals surface area contributed by atoms with Crippen molar-refractivity contribution < 1.29 is 24.2 Å². The second kappa shape index (κ2) is 7.95. The van der Waals surface area contributed by atoms with Gasteiger partial charge in [-0.25, -0.2) is 4.79 Å².